The topological polar surface area (TPSA) is 79.8 Å². The van der Waals surface area contributed by atoms with Gasteiger partial charge in [0.15, 0.2) is 5.65 Å². The van der Waals surface area contributed by atoms with Gasteiger partial charge in [0.2, 0.25) is 0 Å². The number of hydrogen-bond donors (Lipinski definition) is 0. The minimum Gasteiger partial charge on any atom is -0.558 e. The van der Waals surface area contributed by atoms with E-state index in [2.05, 4.69) is 96.0 Å². The van der Waals surface area contributed by atoms with Crippen molar-refractivity contribution in [3.8, 4) is 0 Å². The van der Waals surface area contributed by atoms with E-state index in [0.717, 1.165) is 53.7 Å². The predicted octanol–water partition coefficient (Wildman–Crippen LogP) is 6.34. The van der Waals surface area contributed by atoms with E-state index >= 15 is 0 Å². The molecule has 4 heterocycles. The van der Waals surface area contributed by atoms with Crippen molar-refractivity contribution in [2.24, 2.45) is 0 Å². The molecule has 0 amide bonds. The maximum absolute atomic E-state index is 13.7. The Balaban J connectivity index is 1.16. The van der Waals surface area contributed by atoms with Crippen LogP contribution in [0.1, 0.15) is 58.3 Å². The standard InChI is InChI=1S/C36H39ClN6O2Si/c1-36(2,3)46(28-12-6-4-7-13-28,29-14-8-5-9-15-29)45-21-11-10-20-41-33(40-30-22-26(37)23-39-34(30)41)25-42-32-24-38-19-18-31(32)43(35(42)44)27-16-17-27/h4-9,12-15,18-19,22-24,27H,10-11,16-17,20-21,25H2,1-3H3/q-1. The zero-order chi connectivity index (χ0) is 31.9. The Hall–Kier alpha value is -4.05. The average Bonchev–Trinajstić information content (AvgIpc) is 3.78. The van der Waals surface area contributed by atoms with Crippen LogP contribution in [0.2, 0.25) is 10.1 Å². The minimum absolute atomic E-state index is 0.0196. The van der Waals surface area contributed by atoms with Gasteiger partial charge in [0.05, 0.1) is 37.1 Å². The molecular weight excluding hydrogens is 612 g/mol. The van der Waals surface area contributed by atoms with Crippen molar-refractivity contribution < 1.29 is 4.43 Å². The number of pyridine rings is 2. The highest BCUT2D eigenvalue weighted by Gasteiger charge is 2.37. The molecule has 10 heteroatoms. The normalized spacial score (nSPS) is 14.0. The monoisotopic (exact) mass is 650 g/mol. The van der Waals surface area contributed by atoms with Gasteiger partial charge in [-0.05, 0) is 37.8 Å². The van der Waals surface area contributed by atoms with Gasteiger partial charge in [-0.2, -0.15) is 10.4 Å². The third kappa shape index (κ3) is 5.50. The molecule has 46 heavy (non-hydrogen) atoms. The van der Waals surface area contributed by atoms with E-state index in [1.165, 1.54) is 10.4 Å². The van der Waals surface area contributed by atoms with Gasteiger partial charge in [0.1, 0.15) is 11.3 Å². The summed E-state index contributed by atoms with van der Waals surface area (Å²) in [5.41, 5.74) is 3.22. The lowest BCUT2D eigenvalue weighted by atomic mass is 10.2. The van der Waals surface area contributed by atoms with Crippen LogP contribution >= 0.6 is 11.6 Å². The lowest BCUT2D eigenvalue weighted by Gasteiger charge is -2.55. The second-order valence-electron chi connectivity index (χ2n) is 13.2. The first kappa shape index (κ1) is 30.6. The van der Waals surface area contributed by atoms with Gasteiger partial charge in [0.25, 0.3) is 0 Å². The lowest BCUT2D eigenvalue weighted by Crippen LogP contribution is -2.66. The first-order chi connectivity index (χ1) is 22.3. The molecule has 237 valence electrons. The van der Waals surface area contributed by atoms with E-state index in [0.29, 0.717) is 24.7 Å². The van der Waals surface area contributed by atoms with E-state index in [4.69, 9.17) is 21.0 Å². The molecule has 1 fully saturated rings. The van der Waals surface area contributed by atoms with Crippen LogP contribution in [0.5, 0.6) is 0 Å². The fourth-order valence-corrected chi connectivity index (χ4v) is 11.6. The summed E-state index contributed by atoms with van der Waals surface area (Å²) in [6.07, 6.45) is 8.97. The van der Waals surface area contributed by atoms with E-state index in [-0.39, 0.29) is 16.8 Å². The van der Waals surface area contributed by atoms with Gasteiger partial charge < -0.3 is 8.99 Å². The van der Waals surface area contributed by atoms with Gasteiger partial charge in [-0.25, -0.2) is 14.8 Å². The number of hydrogen-bond acceptors (Lipinski definition) is 5. The summed E-state index contributed by atoms with van der Waals surface area (Å²) >= 11 is 6.32. The number of nitrogens with zero attached hydrogens (tertiary/aromatic N) is 6. The van der Waals surface area contributed by atoms with E-state index < -0.39 is 8.32 Å². The molecule has 8 nitrogen and oxygen atoms in total. The van der Waals surface area contributed by atoms with Gasteiger partial charge in [-0.15, -0.1) is 5.04 Å². The Bertz CT molecular complexity index is 2000. The third-order valence-electron chi connectivity index (χ3n) is 9.12. The van der Waals surface area contributed by atoms with Gasteiger partial charge in [0, 0.05) is 31.6 Å². The summed E-state index contributed by atoms with van der Waals surface area (Å²) in [7, 11) is -2.60. The maximum Gasteiger partial charge on any atom is 0.329 e. The zero-order valence-electron chi connectivity index (χ0n) is 26.6. The number of rotatable bonds is 11. The quantitative estimate of drug-likeness (QED) is 0.121. The fourth-order valence-electron chi connectivity index (χ4n) is 6.85. The van der Waals surface area contributed by atoms with Crippen molar-refractivity contribution in [1.29, 1.82) is 0 Å². The molecule has 0 radical (unpaired) electrons. The molecule has 0 unspecified atom stereocenters. The number of aryl methyl sites for hydroxylation is 1. The summed E-state index contributed by atoms with van der Waals surface area (Å²) in [6.45, 7) is 8.56. The molecule has 0 atom stereocenters. The Kier molecular flexibility index (Phi) is 8.17. The second-order valence-corrected chi connectivity index (χ2v) is 18.0. The summed E-state index contributed by atoms with van der Waals surface area (Å²) in [6, 6.07) is 25.5. The molecular formula is C36H39ClN6O2Si-. The molecule has 2 aromatic carbocycles. The zero-order valence-corrected chi connectivity index (χ0v) is 28.3. The second kappa shape index (κ2) is 12.3. The number of benzene rings is 2. The summed E-state index contributed by atoms with van der Waals surface area (Å²) in [5.74, 6) is 0.776. The van der Waals surface area contributed by atoms with Crippen molar-refractivity contribution in [2.45, 2.75) is 70.6 Å². The van der Waals surface area contributed by atoms with Crippen molar-refractivity contribution in [1.82, 2.24) is 28.7 Å². The summed E-state index contributed by atoms with van der Waals surface area (Å²) < 4.78 is 13.0. The van der Waals surface area contributed by atoms with Crippen LogP contribution in [0.4, 0.5) is 0 Å². The molecule has 4 aromatic heterocycles. The highest BCUT2D eigenvalue weighted by atomic mass is 35.5. The Morgan fingerprint density at radius 1 is 0.913 bits per heavy atom. The SMILES string of the molecule is CC(C)(C)[Si-](OCCCCn1c(Cn2c(=O)n(C3CC3)c3ccncc32)nc2cc(Cl)cnc21)(c1ccccc1)c1ccccc1. The molecule has 1 saturated carbocycles. The maximum atomic E-state index is 13.7. The van der Waals surface area contributed by atoms with Crippen LogP contribution in [0, 0.1) is 0 Å². The first-order valence-corrected chi connectivity index (χ1v) is 18.4. The Morgan fingerprint density at radius 3 is 2.26 bits per heavy atom. The molecule has 0 spiro atoms. The fraction of sp³-hybridized carbons (Fsp3) is 0.333. The molecule has 0 saturated heterocycles. The molecule has 6 aromatic rings. The number of halogens is 1. The predicted molar refractivity (Wildman–Crippen MR) is 187 cm³/mol. The summed E-state index contributed by atoms with van der Waals surface area (Å²) in [5, 5.41) is 3.02. The van der Waals surface area contributed by atoms with Crippen LogP contribution < -0.4 is 16.1 Å². The van der Waals surface area contributed by atoms with Crippen LogP contribution in [0.3, 0.4) is 0 Å². The highest BCUT2D eigenvalue weighted by molar-refractivity contribution is 6.99. The van der Waals surface area contributed by atoms with Gasteiger partial charge in [-0.1, -0.05) is 93.0 Å². The van der Waals surface area contributed by atoms with Gasteiger partial charge >= 0.3 is 5.69 Å². The number of fused-ring (bicyclic) bond motifs is 2. The van der Waals surface area contributed by atoms with E-state index in [1.54, 1.807) is 23.2 Å². The van der Waals surface area contributed by atoms with E-state index in [1.807, 2.05) is 16.7 Å². The van der Waals surface area contributed by atoms with Crippen LogP contribution in [0.15, 0.2) is 96.2 Å². The van der Waals surface area contributed by atoms with Crippen LogP contribution in [-0.4, -0.2) is 43.6 Å². The molecule has 1 aliphatic carbocycles. The van der Waals surface area contributed by atoms with E-state index in [9.17, 15) is 4.79 Å². The summed E-state index contributed by atoms with van der Waals surface area (Å²) in [4.78, 5) is 27.6. The minimum atomic E-state index is -2.60. The molecule has 0 aliphatic heterocycles. The number of unbranched alkanes of at least 4 members (excludes halogenated alkanes) is 1. The first-order valence-electron chi connectivity index (χ1n) is 16.1. The van der Waals surface area contributed by atoms with Crippen molar-refractivity contribution in [3.05, 3.63) is 113 Å². The van der Waals surface area contributed by atoms with Gasteiger partial charge in [-0.3, -0.25) is 14.1 Å². The Morgan fingerprint density at radius 2 is 1.61 bits per heavy atom. The smallest absolute Gasteiger partial charge is 0.329 e. The highest BCUT2D eigenvalue weighted by Crippen LogP contribution is 2.37. The number of aromatic nitrogens is 6. The molecule has 1 aliphatic rings. The molecule has 0 N–H and O–H groups in total. The van der Waals surface area contributed by atoms with Crippen LogP contribution in [0.25, 0.3) is 22.2 Å². The largest absolute Gasteiger partial charge is 0.558 e. The van der Waals surface area contributed by atoms with Crippen molar-refractivity contribution in [2.75, 3.05) is 6.61 Å². The van der Waals surface area contributed by atoms with Crippen LogP contribution in [-0.2, 0) is 17.5 Å². The molecule has 0 bridgehead atoms. The van der Waals surface area contributed by atoms with Crippen molar-refractivity contribution in [3.63, 3.8) is 0 Å². The lowest BCUT2D eigenvalue weighted by molar-refractivity contribution is 0.285. The Labute approximate surface area is 274 Å². The van der Waals surface area contributed by atoms with Crippen molar-refractivity contribution >= 4 is 52.5 Å². The number of imidazole rings is 2. The molecule has 7 rings (SSSR count). The third-order valence-corrected chi connectivity index (χ3v) is 14.4. The average molecular weight is 651 g/mol.